The predicted octanol–water partition coefficient (Wildman–Crippen LogP) is 2.39. The molecule has 1 aliphatic carbocycles. The number of nitrogens with one attached hydrogen (secondary N) is 2. The van der Waals surface area contributed by atoms with Gasteiger partial charge in [0, 0.05) is 30.2 Å². The molecule has 1 atom stereocenters. The molecule has 0 aromatic heterocycles. The molecule has 1 aromatic carbocycles. The van der Waals surface area contributed by atoms with Gasteiger partial charge in [-0.3, -0.25) is 4.79 Å². The summed E-state index contributed by atoms with van der Waals surface area (Å²) in [4.78, 5) is 15.4. The first-order valence-corrected chi connectivity index (χ1v) is 11.4. The lowest BCUT2D eigenvalue weighted by Crippen LogP contribution is -2.54. The quantitative estimate of drug-likeness (QED) is 0.719. The van der Waals surface area contributed by atoms with Crippen LogP contribution in [0.2, 0.25) is 5.02 Å². The molecule has 2 aliphatic rings. The van der Waals surface area contributed by atoms with Gasteiger partial charge in [-0.2, -0.15) is 4.72 Å². The first kappa shape index (κ1) is 20.6. The Morgan fingerprint density at radius 2 is 1.70 bits per heavy atom. The molecule has 2 fully saturated rings. The highest BCUT2D eigenvalue weighted by atomic mass is 35.5. The average Bonchev–Trinajstić information content (AvgIpc) is 3.45. The van der Waals surface area contributed by atoms with Crippen molar-refractivity contribution in [1.29, 1.82) is 0 Å². The SMILES string of the molecule is CC(C)[C@@H](NS(=O)(=O)c1ccc(Cl)cc1)C(=O)NC1CCN(C2CC2)CC1. The summed E-state index contributed by atoms with van der Waals surface area (Å²) < 4.78 is 27.8. The molecule has 3 rings (SSSR count). The predicted molar refractivity (Wildman–Crippen MR) is 106 cm³/mol. The summed E-state index contributed by atoms with van der Waals surface area (Å²) in [5.41, 5.74) is 0. The Morgan fingerprint density at radius 1 is 1.11 bits per heavy atom. The van der Waals surface area contributed by atoms with Gasteiger partial charge in [-0.05, 0) is 55.9 Å². The van der Waals surface area contributed by atoms with E-state index in [9.17, 15) is 13.2 Å². The van der Waals surface area contributed by atoms with Crippen molar-refractivity contribution in [3.05, 3.63) is 29.3 Å². The maximum atomic E-state index is 12.8. The number of benzene rings is 1. The van der Waals surface area contributed by atoms with Crippen LogP contribution in [0.25, 0.3) is 0 Å². The monoisotopic (exact) mass is 413 g/mol. The summed E-state index contributed by atoms with van der Waals surface area (Å²) in [6, 6.07) is 5.96. The van der Waals surface area contributed by atoms with Crippen molar-refractivity contribution in [2.24, 2.45) is 5.92 Å². The molecule has 27 heavy (non-hydrogen) atoms. The number of likely N-dealkylation sites (tertiary alicyclic amines) is 1. The van der Waals surface area contributed by atoms with Crippen molar-refractivity contribution in [2.75, 3.05) is 13.1 Å². The van der Waals surface area contributed by atoms with Crippen molar-refractivity contribution in [3.63, 3.8) is 0 Å². The number of piperidine rings is 1. The summed E-state index contributed by atoms with van der Waals surface area (Å²) >= 11 is 5.83. The van der Waals surface area contributed by atoms with E-state index in [2.05, 4.69) is 14.9 Å². The van der Waals surface area contributed by atoms with Crippen LogP contribution < -0.4 is 10.0 Å². The highest BCUT2D eigenvalue weighted by Crippen LogP contribution is 2.29. The molecule has 8 heteroatoms. The molecule has 0 bridgehead atoms. The van der Waals surface area contributed by atoms with Crippen LogP contribution in [0.15, 0.2) is 29.2 Å². The van der Waals surface area contributed by atoms with Gasteiger partial charge in [0.15, 0.2) is 0 Å². The van der Waals surface area contributed by atoms with E-state index in [0.717, 1.165) is 32.0 Å². The Morgan fingerprint density at radius 3 is 2.22 bits per heavy atom. The molecule has 1 aromatic rings. The van der Waals surface area contributed by atoms with Crippen LogP contribution in [0.4, 0.5) is 0 Å². The average molecular weight is 414 g/mol. The second kappa shape index (κ2) is 8.47. The molecule has 150 valence electrons. The van der Waals surface area contributed by atoms with Crippen LogP contribution in [0.1, 0.15) is 39.5 Å². The fraction of sp³-hybridized carbons (Fsp3) is 0.632. The zero-order chi connectivity index (χ0) is 19.6. The van der Waals surface area contributed by atoms with Gasteiger partial charge in [0.1, 0.15) is 6.04 Å². The largest absolute Gasteiger partial charge is 0.352 e. The molecular formula is C19H28ClN3O3S. The lowest BCUT2D eigenvalue weighted by molar-refractivity contribution is -0.124. The first-order valence-electron chi connectivity index (χ1n) is 9.58. The summed E-state index contributed by atoms with van der Waals surface area (Å²) in [6.07, 6.45) is 4.41. The fourth-order valence-corrected chi connectivity index (χ4v) is 4.95. The van der Waals surface area contributed by atoms with Crippen molar-refractivity contribution in [2.45, 2.75) is 62.6 Å². The fourth-order valence-electron chi connectivity index (χ4n) is 3.48. The number of hydrogen-bond acceptors (Lipinski definition) is 4. The standard InChI is InChI=1S/C19H28ClN3O3S/c1-13(2)18(22-27(25,26)17-7-3-14(20)4-8-17)19(24)21-15-9-11-23(12-10-15)16-5-6-16/h3-4,7-8,13,15-16,18,22H,5-6,9-12H2,1-2H3,(H,21,24)/t18-/m1/s1. The summed E-state index contributed by atoms with van der Waals surface area (Å²) in [5.74, 6) is -0.425. The van der Waals surface area contributed by atoms with E-state index in [0.29, 0.717) is 5.02 Å². The third-order valence-corrected chi connectivity index (χ3v) is 7.00. The van der Waals surface area contributed by atoms with Gasteiger partial charge in [-0.15, -0.1) is 0 Å². The van der Waals surface area contributed by atoms with Gasteiger partial charge in [0.2, 0.25) is 15.9 Å². The molecule has 0 spiro atoms. The van der Waals surface area contributed by atoms with Gasteiger partial charge in [0.25, 0.3) is 0 Å². The minimum atomic E-state index is -3.80. The molecule has 1 amide bonds. The molecule has 1 heterocycles. The highest BCUT2D eigenvalue weighted by molar-refractivity contribution is 7.89. The molecule has 0 unspecified atom stereocenters. The minimum Gasteiger partial charge on any atom is -0.352 e. The molecule has 1 aliphatic heterocycles. The van der Waals surface area contributed by atoms with Crippen molar-refractivity contribution in [3.8, 4) is 0 Å². The summed E-state index contributed by atoms with van der Waals surface area (Å²) in [7, 11) is -3.80. The minimum absolute atomic E-state index is 0.100. The summed E-state index contributed by atoms with van der Waals surface area (Å²) in [6.45, 7) is 5.67. The number of sulfonamides is 1. The second-order valence-corrected chi connectivity index (χ2v) is 10.00. The maximum Gasteiger partial charge on any atom is 0.241 e. The van der Waals surface area contributed by atoms with Crippen LogP contribution in [0, 0.1) is 5.92 Å². The van der Waals surface area contributed by atoms with Crippen LogP contribution >= 0.6 is 11.6 Å². The van der Waals surface area contributed by atoms with Gasteiger partial charge in [0.05, 0.1) is 4.90 Å². The molecule has 0 radical (unpaired) electrons. The zero-order valence-corrected chi connectivity index (χ0v) is 17.4. The first-order chi connectivity index (χ1) is 12.8. The Hall–Kier alpha value is -1.15. The van der Waals surface area contributed by atoms with Crippen molar-refractivity contribution in [1.82, 2.24) is 14.9 Å². The smallest absolute Gasteiger partial charge is 0.241 e. The number of halogens is 1. The maximum absolute atomic E-state index is 12.8. The van der Waals surface area contributed by atoms with E-state index in [1.54, 1.807) is 0 Å². The summed E-state index contributed by atoms with van der Waals surface area (Å²) in [5, 5.41) is 3.51. The Kier molecular flexibility index (Phi) is 6.46. The van der Waals surface area contributed by atoms with E-state index < -0.39 is 16.1 Å². The van der Waals surface area contributed by atoms with E-state index in [1.165, 1.54) is 37.1 Å². The molecule has 2 N–H and O–H groups in total. The number of hydrogen-bond donors (Lipinski definition) is 2. The lowest BCUT2D eigenvalue weighted by Gasteiger charge is -2.33. The Labute approximate surface area is 166 Å². The molecule has 1 saturated carbocycles. The third kappa shape index (κ3) is 5.44. The lowest BCUT2D eigenvalue weighted by atomic mass is 10.0. The number of nitrogens with zero attached hydrogens (tertiary/aromatic N) is 1. The highest BCUT2D eigenvalue weighted by Gasteiger charge is 2.34. The number of rotatable bonds is 7. The van der Waals surface area contributed by atoms with Crippen molar-refractivity contribution < 1.29 is 13.2 Å². The zero-order valence-electron chi connectivity index (χ0n) is 15.8. The van der Waals surface area contributed by atoms with Gasteiger partial charge < -0.3 is 10.2 Å². The van der Waals surface area contributed by atoms with Crippen LogP contribution in [-0.2, 0) is 14.8 Å². The van der Waals surface area contributed by atoms with E-state index in [-0.39, 0.29) is 22.8 Å². The topological polar surface area (TPSA) is 78.5 Å². The number of carbonyl (C=O) groups excluding carboxylic acids is 1. The molecule has 1 saturated heterocycles. The number of amides is 1. The second-order valence-electron chi connectivity index (χ2n) is 7.85. The normalized spacial score (nSPS) is 20.6. The Balaban J connectivity index is 1.60. The van der Waals surface area contributed by atoms with Crippen molar-refractivity contribution >= 4 is 27.5 Å². The van der Waals surface area contributed by atoms with Crippen LogP contribution in [0.3, 0.4) is 0 Å². The van der Waals surface area contributed by atoms with Gasteiger partial charge in [-0.25, -0.2) is 8.42 Å². The Bertz CT molecular complexity index is 755. The molecular weight excluding hydrogens is 386 g/mol. The van der Waals surface area contributed by atoms with E-state index in [4.69, 9.17) is 11.6 Å². The van der Waals surface area contributed by atoms with E-state index >= 15 is 0 Å². The van der Waals surface area contributed by atoms with Crippen LogP contribution in [0.5, 0.6) is 0 Å². The third-order valence-electron chi connectivity index (χ3n) is 5.29. The van der Waals surface area contributed by atoms with Gasteiger partial charge >= 0.3 is 0 Å². The van der Waals surface area contributed by atoms with Crippen LogP contribution in [-0.4, -0.2) is 50.4 Å². The molecule has 6 nitrogen and oxygen atoms in total. The van der Waals surface area contributed by atoms with E-state index in [1.807, 2.05) is 13.8 Å². The van der Waals surface area contributed by atoms with Gasteiger partial charge in [-0.1, -0.05) is 25.4 Å². The number of carbonyl (C=O) groups is 1.